The Morgan fingerprint density at radius 1 is 1.38 bits per heavy atom. The summed E-state index contributed by atoms with van der Waals surface area (Å²) in [7, 11) is -2.47. The number of amides is 1. The first-order chi connectivity index (χ1) is 9.86. The number of primary amides is 1. The van der Waals surface area contributed by atoms with Gasteiger partial charge in [-0.1, -0.05) is 0 Å². The van der Waals surface area contributed by atoms with Crippen molar-refractivity contribution in [1.29, 1.82) is 0 Å². The Kier molecular flexibility index (Phi) is 4.48. The summed E-state index contributed by atoms with van der Waals surface area (Å²) in [6.07, 6.45) is 0.764. The number of carbonyl (C=O) groups is 1. The molecule has 2 rings (SSSR count). The predicted molar refractivity (Wildman–Crippen MR) is 73.6 cm³/mol. The third kappa shape index (κ3) is 3.16. The number of ether oxygens (including phenoxy) is 1. The standard InChI is InChI=1S/C13H17FN2O4S/c1-20-12-3-2-10(8-11(12)14)21(18,19)16-6-4-9(5-7-16)13(15)17/h2-3,8-9H,4-7H2,1H3,(H2,15,17). The number of hydrogen-bond donors (Lipinski definition) is 1. The van der Waals surface area contributed by atoms with E-state index in [9.17, 15) is 17.6 Å². The fourth-order valence-corrected chi connectivity index (χ4v) is 3.82. The molecule has 0 aliphatic carbocycles. The van der Waals surface area contributed by atoms with Crippen LogP contribution in [0.2, 0.25) is 0 Å². The van der Waals surface area contributed by atoms with Crippen LogP contribution in [0.3, 0.4) is 0 Å². The quantitative estimate of drug-likeness (QED) is 0.886. The number of halogens is 1. The molecule has 0 atom stereocenters. The summed E-state index contributed by atoms with van der Waals surface area (Å²) in [5, 5.41) is 0. The first kappa shape index (κ1) is 15.7. The molecule has 0 bridgehead atoms. The molecule has 0 aromatic heterocycles. The average Bonchev–Trinajstić information content (AvgIpc) is 2.47. The van der Waals surface area contributed by atoms with Crippen LogP contribution in [0.1, 0.15) is 12.8 Å². The lowest BCUT2D eigenvalue weighted by Gasteiger charge is -2.29. The van der Waals surface area contributed by atoms with E-state index in [1.807, 2.05) is 0 Å². The number of hydrogen-bond acceptors (Lipinski definition) is 4. The molecular weight excluding hydrogens is 299 g/mol. The van der Waals surface area contributed by atoms with Crippen LogP contribution in [0, 0.1) is 11.7 Å². The van der Waals surface area contributed by atoms with Gasteiger partial charge in [-0.15, -0.1) is 0 Å². The molecule has 1 aliphatic rings. The lowest BCUT2D eigenvalue weighted by atomic mass is 9.98. The zero-order valence-corrected chi connectivity index (χ0v) is 12.4. The summed E-state index contributed by atoms with van der Waals surface area (Å²) >= 11 is 0. The van der Waals surface area contributed by atoms with Crippen molar-refractivity contribution in [2.75, 3.05) is 20.2 Å². The van der Waals surface area contributed by atoms with E-state index in [0.29, 0.717) is 12.8 Å². The fourth-order valence-electron chi connectivity index (χ4n) is 2.34. The van der Waals surface area contributed by atoms with Crippen molar-refractivity contribution in [2.24, 2.45) is 11.7 Å². The monoisotopic (exact) mass is 316 g/mol. The molecule has 1 aromatic rings. The molecule has 0 radical (unpaired) electrons. The Bertz CT molecular complexity index is 640. The van der Waals surface area contributed by atoms with Gasteiger partial charge in [-0.05, 0) is 31.0 Å². The topological polar surface area (TPSA) is 89.7 Å². The van der Waals surface area contributed by atoms with E-state index in [1.165, 1.54) is 23.5 Å². The van der Waals surface area contributed by atoms with E-state index in [4.69, 9.17) is 10.5 Å². The van der Waals surface area contributed by atoms with Crippen LogP contribution >= 0.6 is 0 Å². The molecule has 1 heterocycles. The van der Waals surface area contributed by atoms with E-state index < -0.39 is 21.7 Å². The third-order valence-electron chi connectivity index (χ3n) is 3.62. The summed E-state index contributed by atoms with van der Waals surface area (Å²) in [5.41, 5.74) is 5.21. The number of rotatable bonds is 4. The van der Waals surface area contributed by atoms with E-state index >= 15 is 0 Å². The number of benzene rings is 1. The van der Waals surface area contributed by atoms with Crippen LogP contribution in [0.25, 0.3) is 0 Å². The smallest absolute Gasteiger partial charge is 0.243 e. The number of methoxy groups -OCH3 is 1. The molecule has 0 saturated carbocycles. The molecule has 1 fully saturated rings. The second kappa shape index (κ2) is 5.98. The normalized spacial score (nSPS) is 17.6. The van der Waals surface area contributed by atoms with Crippen LogP contribution in [0.4, 0.5) is 4.39 Å². The van der Waals surface area contributed by atoms with Crippen LogP contribution < -0.4 is 10.5 Å². The second-order valence-corrected chi connectivity index (χ2v) is 6.82. The number of sulfonamides is 1. The van der Waals surface area contributed by atoms with Gasteiger partial charge in [0.15, 0.2) is 11.6 Å². The fraction of sp³-hybridized carbons (Fsp3) is 0.462. The Labute approximate surface area is 122 Å². The minimum atomic E-state index is -3.77. The molecule has 2 N–H and O–H groups in total. The van der Waals surface area contributed by atoms with Gasteiger partial charge < -0.3 is 10.5 Å². The van der Waals surface area contributed by atoms with Crippen molar-refractivity contribution in [1.82, 2.24) is 4.31 Å². The van der Waals surface area contributed by atoms with Crippen LogP contribution in [-0.4, -0.2) is 38.8 Å². The van der Waals surface area contributed by atoms with E-state index in [1.54, 1.807) is 0 Å². The Hall–Kier alpha value is -1.67. The number of piperidine rings is 1. The largest absolute Gasteiger partial charge is 0.494 e. The lowest BCUT2D eigenvalue weighted by molar-refractivity contribution is -0.122. The van der Waals surface area contributed by atoms with Gasteiger partial charge in [0.05, 0.1) is 12.0 Å². The Morgan fingerprint density at radius 3 is 2.48 bits per heavy atom. The summed E-state index contributed by atoms with van der Waals surface area (Å²) in [6, 6.07) is 3.52. The minimum absolute atomic E-state index is 0.0126. The van der Waals surface area contributed by atoms with E-state index in [-0.39, 0.29) is 29.7 Å². The van der Waals surface area contributed by atoms with Crippen molar-refractivity contribution in [3.8, 4) is 5.75 Å². The highest BCUT2D eigenvalue weighted by molar-refractivity contribution is 7.89. The highest BCUT2D eigenvalue weighted by Crippen LogP contribution is 2.26. The maximum absolute atomic E-state index is 13.6. The number of carbonyl (C=O) groups excluding carboxylic acids is 1. The SMILES string of the molecule is COc1ccc(S(=O)(=O)N2CCC(C(N)=O)CC2)cc1F. The van der Waals surface area contributed by atoms with Crippen molar-refractivity contribution >= 4 is 15.9 Å². The van der Waals surface area contributed by atoms with Crippen LogP contribution in [-0.2, 0) is 14.8 Å². The zero-order valence-electron chi connectivity index (χ0n) is 11.6. The molecule has 6 nitrogen and oxygen atoms in total. The summed E-state index contributed by atoms with van der Waals surface area (Å²) in [5.74, 6) is -1.46. The van der Waals surface area contributed by atoms with Crippen molar-refractivity contribution in [3.63, 3.8) is 0 Å². The maximum Gasteiger partial charge on any atom is 0.243 e. The number of nitrogens with two attached hydrogens (primary N) is 1. The molecular formula is C13H17FN2O4S. The summed E-state index contributed by atoms with van der Waals surface area (Å²) in [4.78, 5) is 11.0. The Morgan fingerprint density at radius 2 is 2.00 bits per heavy atom. The van der Waals surface area contributed by atoms with Crippen molar-refractivity contribution < 1.29 is 22.3 Å². The first-order valence-corrected chi connectivity index (χ1v) is 7.93. The van der Waals surface area contributed by atoms with Gasteiger partial charge in [-0.3, -0.25) is 4.79 Å². The molecule has 1 aliphatic heterocycles. The summed E-state index contributed by atoms with van der Waals surface area (Å²) in [6.45, 7) is 0.396. The third-order valence-corrected chi connectivity index (χ3v) is 5.51. The van der Waals surface area contributed by atoms with Gasteiger partial charge in [0.2, 0.25) is 15.9 Å². The van der Waals surface area contributed by atoms with Gasteiger partial charge in [0, 0.05) is 19.0 Å². The van der Waals surface area contributed by atoms with E-state index in [0.717, 1.165) is 6.07 Å². The van der Waals surface area contributed by atoms with Gasteiger partial charge in [-0.2, -0.15) is 4.31 Å². The Balaban J connectivity index is 2.19. The highest BCUT2D eigenvalue weighted by atomic mass is 32.2. The molecule has 1 aromatic carbocycles. The van der Waals surface area contributed by atoms with Crippen molar-refractivity contribution in [3.05, 3.63) is 24.0 Å². The molecule has 1 saturated heterocycles. The highest BCUT2D eigenvalue weighted by Gasteiger charge is 2.31. The van der Waals surface area contributed by atoms with Gasteiger partial charge in [-0.25, -0.2) is 12.8 Å². The first-order valence-electron chi connectivity index (χ1n) is 6.49. The average molecular weight is 316 g/mol. The van der Waals surface area contributed by atoms with Gasteiger partial charge in [0.1, 0.15) is 0 Å². The van der Waals surface area contributed by atoms with E-state index in [2.05, 4.69) is 0 Å². The van der Waals surface area contributed by atoms with Crippen molar-refractivity contribution in [2.45, 2.75) is 17.7 Å². The summed E-state index contributed by atoms with van der Waals surface area (Å²) < 4.78 is 44.5. The van der Waals surface area contributed by atoms with Gasteiger partial charge >= 0.3 is 0 Å². The molecule has 8 heteroatoms. The molecule has 0 unspecified atom stereocenters. The van der Waals surface area contributed by atoms with Crippen LogP contribution in [0.15, 0.2) is 23.1 Å². The lowest BCUT2D eigenvalue weighted by Crippen LogP contribution is -2.41. The number of nitrogens with zero attached hydrogens (tertiary/aromatic N) is 1. The maximum atomic E-state index is 13.6. The second-order valence-electron chi connectivity index (χ2n) is 4.88. The van der Waals surface area contributed by atoms with Gasteiger partial charge in [0.25, 0.3) is 0 Å². The molecule has 21 heavy (non-hydrogen) atoms. The molecule has 0 spiro atoms. The predicted octanol–water partition coefficient (Wildman–Crippen LogP) is 0.720. The van der Waals surface area contributed by atoms with Crippen LogP contribution in [0.5, 0.6) is 5.75 Å². The zero-order chi connectivity index (χ0) is 15.6. The molecule has 1 amide bonds. The minimum Gasteiger partial charge on any atom is -0.494 e. The molecule has 116 valence electrons.